The molecule has 0 aromatic carbocycles. The van der Waals surface area contributed by atoms with Gasteiger partial charge in [-0.1, -0.05) is 6.92 Å². The molecule has 0 atom stereocenters. The second kappa shape index (κ2) is 6.40. The van der Waals surface area contributed by atoms with Crippen LogP contribution in [0, 0.1) is 5.92 Å². The van der Waals surface area contributed by atoms with Crippen LogP contribution in [0.3, 0.4) is 0 Å². The highest BCUT2D eigenvalue weighted by Crippen LogP contribution is 2.31. The van der Waals surface area contributed by atoms with Crippen molar-refractivity contribution in [1.29, 1.82) is 0 Å². The van der Waals surface area contributed by atoms with Crippen LogP contribution in [0.5, 0.6) is 0 Å². The van der Waals surface area contributed by atoms with Gasteiger partial charge in [-0.05, 0) is 31.6 Å². The van der Waals surface area contributed by atoms with Crippen LogP contribution < -0.4 is 21.5 Å². The number of aromatic nitrogens is 3. The Labute approximate surface area is 125 Å². The van der Waals surface area contributed by atoms with Gasteiger partial charge in [0.2, 0.25) is 17.8 Å². The first-order valence-electron chi connectivity index (χ1n) is 7.28. The van der Waals surface area contributed by atoms with Crippen molar-refractivity contribution in [3.8, 4) is 0 Å². The number of hydrazine groups is 1. The third kappa shape index (κ3) is 4.15. The van der Waals surface area contributed by atoms with E-state index in [0.717, 1.165) is 25.7 Å². The Balaban J connectivity index is 2.04. The smallest absolute Gasteiger partial charge is 0.243 e. The molecule has 1 aliphatic rings. The number of hydrogen-bond donors (Lipinski definition) is 4. The third-order valence-electron chi connectivity index (χ3n) is 3.93. The van der Waals surface area contributed by atoms with Crippen LogP contribution >= 0.6 is 0 Å². The average molecular weight is 295 g/mol. The van der Waals surface area contributed by atoms with Gasteiger partial charge in [-0.25, -0.2) is 5.84 Å². The highest BCUT2D eigenvalue weighted by molar-refractivity contribution is 5.42. The fourth-order valence-electron chi connectivity index (χ4n) is 2.43. The summed E-state index contributed by atoms with van der Waals surface area (Å²) in [6, 6.07) is 0. The molecule has 0 aliphatic heterocycles. The molecule has 0 unspecified atom stereocenters. The zero-order chi connectivity index (χ0) is 15.5. The van der Waals surface area contributed by atoms with E-state index in [0.29, 0.717) is 30.3 Å². The van der Waals surface area contributed by atoms with Gasteiger partial charge in [0, 0.05) is 20.6 Å². The monoisotopic (exact) mass is 295 g/mol. The SMILES string of the molecule is CC1CCC(O)(CNc2nc(NN)nc(N(C)C)n2)CC1. The minimum Gasteiger partial charge on any atom is -0.388 e. The zero-order valence-corrected chi connectivity index (χ0v) is 12.9. The summed E-state index contributed by atoms with van der Waals surface area (Å²) in [4.78, 5) is 14.4. The molecule has 0 bridgehead atoms. The van der Waals surface area contributed by atoms with Crippen LogP contribution in [0.2, 0.25) is 0 Å². The molecule has 1 aromatic rings. The fourth-order valence-corrected chi connectivity index (χ4v) is 2.43. The summed E-state index contributed by atoms with van der Waals surface area (Å²) in [7, 11) is 3.69. The molecule has 5 N–H and O–H groups in total. The molecule has 0 saturated heterocycles. The first-order valence-corrected chi connectivity index (χ1v) is 7.28. The minimum absolute atomic E-state index is 0.292. The van der Waals surface area contributed by atoms with Crippen molar-refractivity contribution in [3.63, 3.8) is 0 Å². The van der Waals surface area contributed by atoms with Gasteiger partial charge in [-0.3, -0.25) is 5.43 Å². The standard InChI is InChI=1S/C13H25N7O/c1-9-4-6-13(21,7-5-9)8-15-10-16-11(19-14)18-12(17-10)20(2)3/h9,21H,4-8,14H2,1-3H3,(H2,15,16,17,18,19). The van der Waals surface area contributed by atoms with E-state index in [4.69, 9.17) is 5.84 Å². The lowest BCUT2D eigenvalue weighted by atomic mass is 9.79. The number of nitrogens with two attached hydrogens (primary N) is 1. The van der Waals surface area contributed by atoms with Gasteiger partial charge >= 0.3 is 0 Å². The number of hydrogen-bond acceptors (Lipinski definition) is 8. The lowest BCUT2D eigenvalue weighted by Gasteiger charge is -2.34. The number of rotatable bonds is 5. The summed E-state index contributed by atoms with van der Waals surface area (Å²) in [5.74, 6) is 7.27. The molecule has 8 nitrogen and oxygen atoms in total. The van der Waals surface area contributed by atoms with Crippen molar-refractivity contribution in [3.05, 3.63) is 0 Å². The van der Waals surface area contributed by atoms with Gasteiger partial charge in [0.15, 0.2) is 0 Å². The second-order valence-corrected chi connectivity index (χ2v) is 6.08. The molecule has 1 aliphatic carbocycles. The Morgan fingerprint density at radius 2 is 1.86 bits per heavy atom. The van der Waals surface area contributed by atoms with Gasteiger partial charge < -0.3 is 15.3 Å². The van der Waals surface area contributed by atoms with E-state index in [1.165, 1.54) is 0 Å². The van der Waals surface area contributed by atoms with Crippen LogP contribution in [0.15, 0.2) is 0 Å². The van der Waals surface area contributed by atoms with Crippen LogP contribution in [0.25, 0.3) is 0 Å². The van der Waals surface area contributed by atoms with E-state index in [9.17, 15) is 5.11 Å². The average Bonchev–Trinajstić information content (AvgIpc) is 2.48. The maximum Gasteiger partial charge on any atom is 0.243 e. The van der Waals surface area contributed by atoms with Crippen LogP contribution in [0.4, 0.5) is 17.8 Å². The first-order chi connectivity index (χ1) is 9.92. The predicted octanol–water partition coefficient (Wildman–Crippen LogP) is 0.576. The Kier molecular flexibility index (Phi) is 4.79. The Hall–Kier alpha value is -1.67. The quantitative estimate of drug-likeness (QED) is 0.461. The summed E-state index contributed by atoms with van der Waals surface area (Å²) in [6.07, 6.45) is 3.70. The summed E-state index contributed by atoms with van der Waals surface area (Å²) < 4.78 is 0. The predicted molar refractivity (Wildman–Crippen MR) is 83.0 cm³/mol. The van der Waals surface area contributed by atoms with Crippen molar-refractivity contribution in [2.75, 3.05) is 36.3 Å². The van der Waals surface area contributed by atoms with E-state index in [1.54, 1.807) is 4.90 Å². The molecule has 1 fully saturated rings. The number of nitrogens with one attached hydrogen (secondary N) is 2. The van der Waals surface area contributed by atoms with Crippen molar-refractivity contribution in [1.82, 2.24) is 15.0 Å². The van der Waals surface area contributed by atoms with Gasteiger partial charge in [-0.2, -0.15) is 15.0 Å². The largest absolute Gasteiger partial charge is 0.388 e. The molecule has 0 spiro atoms. The number of nitrogen functional groups attached to an aromatic ring is 1. The van der Waals surface area contributed by atoms with E-state index in [2.05, 4.69) is 32.6 Å². The summed E-state index contributed by atoms with van der Waals surface area (Å²) in [5, 5.41) is 13.7. The van der Waals surface area contributed by atoms with E-state index < -0.39 is 5.60 Å². The number of anilines is 3. The van der Waals surface area contributed by atoms with Gasteiger partial charge in [0.05, 0.1) is 5.60 Å². The minimum atomic E-state index is -0.687. The number of aliphatic hydroxyl groups is 1. The molecule has 2 rings (SSSR count). The fraction of sp³-hybridized carbons (Fsp3) is 0.769. The molecule has 21 heavy (non-hydrogen) atoms. The van der Waals surface area contributed by atoms with Crippen molar-refractivity contribution in [2.45, 2.75) is 38.2 Å². The zero-order valence-electron chi connectivity index (χ0n) is 12.9. The van der Waals surface area contributed by atoms with E-state index in [1.807, 2.05) is 14.1 Å². The molecular formula is C13H25N7O. The van der Waals surface area contributed by atoms with Crippen molar-refractivity contribution >= 4 is 17.8 Å². The highest BCUT2D eigenvalue weighted by Gasteiger charge is 2.31. The van der Waals surface area contributed by atoms with Gasteiger partial charge in [0.1, 0.15) is 0 Å². The molecule has 8 heteroatoms. The van der Waals surface area contributed by atoms with Gasteiger partial charge in [0.25, 0.3) is 0 Å². The number of nitrogens with zero attached hydrogens (tertiary/aromatic N) is 4. The molecule has 1 saturated carbocycles. The summed E-state index contributed by atoms with van der Waals surface area (Å²) in [6.45, 7) is 2.65. The van der Waals surface area contributed by atoms with Crippen molar-refractivity contribution in [2.24, 2.45) is 11.8 Å². The Bertz CT molecular complexity index is 472. The molecule has 118 valence electrons. The molecule has 1 aromatic heterocycles. The molecule has 0 radical (unpaired) electrons. The molecule has 1 heterocycles. The van der Waals surface area contributed by atoms with Gasteiger partial charge in [-0.15, -0.1) is 0 Å². The lowest BCUT2D eigenvalue weighted by Crippen LogP contribution is -2.40. The molecular weight excluding hydrogens is 270 g/mol. The lowest BCUT2D eigenvalue weighted by molar-refractivity contribution is 0.00487. The van der Waals surface area contributed by atoms with E-state index in [-0.39, 0.29) is 0 Å². The highest BCUT2D eigenvalue weighted by atomic mass is 16.3. The van der Waals surface area contributed by atoms with Crippen LogP contribution in [-0.2, 0) is 0 Å². The second-order valence-electron chi connectivity index (χ2n) is 6.08. The summed E-state index contributed by atoms with van der Waals surface area (Å²) >= 11 is 0. The first kappa shape index (κ1) is 15.7. The Morgan fingerprint density at radius 1 is 1.24 bits per heavy atom. The third-order valence-corrected chi connectivity index (χ3v) is 3.93. The molecule has 0 amide bonds. The Morgan fingerprint density at radius 3 is 2.43 bits per heavy atom. The maximum absolute atomic E-state index is 10.6. The summed E-state index contributed by atoms with van der Waals surface area (Å²) in [5.41, 5.74) is 1.74. The van der Waals surface area contributed by atoms with Crippen LogP contribution in [0.1, 0.15) is 32.6 Å². The van der Waals surface area contributed by atoms with Crippen molar-refractivity contribution < 1.29 is 5.11 Å². The maximum atomic E-state index is 10.6. The van der Waals surface area contributed by atoms with Crippen LogP contribution in [-0.4, -0.2) is 46.3 Å². The topological polar surface area (TPSA) is 112 Å². The normalized spacial score (nSPS) is 25.5. The van der Waals surface area contributed by atoms with E-state index >= 15 is 0 Å².